The lowest BCUT2D eigenvalue weighted by Crippen LogP contribution is -2.66. The molecule has 0 amide bonds. The zero-order chi connectivity index (χ0) is 25.7. The number of aliphatic hydroxyl groups is 6. The van der Waals surface area contributed by atoms with Crippen molar-refractivity contribution in [2.45, 2.75) is 83.4 Å². The van der Waals surface area contributed by atoms with Crippen molar-refractivity contribution in [3.63, 3.8) is 0 Å². The third kappa shape index (κ3) is 6.33. The van der Waals surface area contributed by atoms with Crippen molar-refractivity contribution in [2.24, 2.45) is 0 Å². The molecule has 188 valence electrons. The van der Waals surface area contributed by atoms with Gasteiger partial charge in [0.25, 0.3) is 0 Å². The van der Waals surface area contributed by atoms with Gasteiger partial charge in [0.05, 0.1) is 6.61 Å². The number of rotatable bonds is 11. The molecule has 6 heteroatoms. The summed E-state index contributed by atoms with van der Waals surface area (Å²) < 4.78 is 0. The van der Waals surface area contributed by atoms with E-state index in [9.17, 15) is 30.6 Å². The highest BCUT2D eigenvalue weighted by Gasteiger charge is 2.54. The molecule has 0 aliphatic rings. The van der Waals surface area contributed by atoms with Crippen molar-refractivity contribution >= 4 is 0 Å². The maximum Gasteiger partial charge on any atom is 0.126 e. The summed E-state index contributed by atoms with van der Waals surface area (Å²) in [6, 6.07) is 11.4. The molecule has 6 nitrogen and oxygen atoms in total. The molecule has 0 fully saturated rings. The first-order valence-corrected chi connectivity index (χ1v) is 11.7. The minimum absolute atomic E-state index is 0.00903. The Bertz CT molecular complexity index is 987. The average molecular weight is 473 g/mol. The number of aryl methyl sites for hydroxylation is 4. The summed E-state index contributed by atoms with van der Waals surface area (Å²) in [5.41, 5.74) is 0.907. The van der Waals surface area contributed by atoms with Gasteiger partial charge in [0, 0.05) is 12.8 Å². The van der Waals surface area contributed by atoms with Gasteiger partial charge in [-0.15, -0.1) is 0 Å². The topological polar surface area (TPSA) is 121 Å². The van der Waals surface area contributed by atoms with Crippen LogP contribution in [0, 0.1) is 27.7 Å². The van der Waals surface area contributed by atoms with E-state index >= 15 is 0 Å². The van der Waals surface area contributed by atoms with Crippen LogP contribution in [-0.2, 0) is 12.8 Å². The third-order valence-corrected chi connectivity index (χ3v) is 6.73. The van der Waals surface area contributed by atoms with Gasteiger partial charge < -0.3 is 30.6 Å². The fraction of sp³-hybridized carbons (Fsp3) is 0.500. The molecule has 0 aliphatic carbocycles. The predicted octanol–water partition coefficient (Wildman–Crippen LogP) is 2.21. The number of benzene rings is 2. The second kappa shape index (κ2) is 11.6. The Morgan fingerprint density at radius 3 is 1.79 bits per heavy atom. The normalized spacial score (nSPS) is 18.3. The lowest BCUT2D eigenvalue weighted by atomic mass is 9.71. The van der Waals surface area contributed by atoms with Crippen LogP contribution >= 0.6 is 0 Å². The minimum Gasteiger partial charge on any atom is -0.394 e. The fourth-order valence-electron chi connectivity index (χ4n) is 4.48. The van der Waals surface area contributed by atoms with Gasteiger partial charge in [0.15, 0.2) is 0 Å². The maximum absolute atomic E-state index is 11.8. The Kier molecular flexibility index (Phi) is 9.60. The second-order valence-electron chi connectivity index (χ2n) is 9.68. The Balaban J connectivity index is 2.61. The summed E-state index contributed by atoms with van der Waals surface area (Å²) in [7, 11) is 0. The lowest BCUT2D eigenvalue weighted by molar-refractivity contribution is -0.228. The number of hydrogen-bond donors (Lipinski definition) is 6. The van der Waals surface area contributed by atoms with Crippen LogP contribution in [0.4, 0.5) is 0 Å². The first-order valence-electron chi connectivity index (χ1n) is 11.7. The van der Waals surface area contributed by atoms with Crippen molar-refractivity contribution in [3.05, 3.63) is 81.9 Å². The Hall–Kier alpha value is -2.06. The highest BCUT2D eigenvalue weighted by Crippen LogP contribution is 2.36. The SMILES string of the molecule is C/C=C/CC(O)(Cc1cc(C)ccc1C)[C@@H](O)[C@@](O)(Cc1cc(C)ccc1C)[C@H](O)[C@@H](O)CO. The van der Waals surface area contributed by atoms with Gasteiger partial charge in [-0.05, 0) is 63.3 Å². The molecule has 0 saturated heterocycles. The van der Waals surface area contributed by atoms with Crippen molar-refractivity contribution in [3.8, 4) is 0 Å². The highest BCUT2D eigenvalue weighted by atomic mass is 16.4. The number of hydrogen-bond acceptors (Lipinski definition) is 6. The highest BCUT2D eigenvalue weighted by molar-refractivity contribution is 5.34. The molecule has 6 N–H and O–H groups in total. The molecule has 0 bridgehead atoms. The zero-order valence-electron chi connectivity index (χ0n) is 20.9. The first kappa shape index (κ1) is 28.2. The van der Waals surface area contributed by atoms with E-state index < -0.39 is 36.1 Å². The monoisotopic (exact) mass is 472 g/mol. The van der Waals surface area contributed by atoms with E-state index in [-0.39, 0.29) is 19.3 Å². The molecule has 0 spiro atoms. The van der Waals surface area contributed by atoms with E-state index in [1.165, 1.54) is 0 Å². The lowest BCUT2D eigenvalue weighted by Gasteiger charge is -2.46. The summed E-state index contributed by atoms with van der Waals surface area (Å²) >= 11 is 0. The van der Waals surface area contributed by atoms with Crippen LogP contribution in [0.25, 0.3) is 0 Å². The Labute approximate surface area is 202 Å². The third-order valence-electron chi connectivity index (χ3n) is 6.73. The quantitative estimate of drug-likeness (QED) is 0.279. The van der Waals surface area contributed by atoms with Gasteiger partial charge >= 0.3 is 0 Å². The van der Waals surface area contributed by atoms with Crippen LogP contribution in [0.3, 0.4) is 0 Å². The van der Waals surface area contributed by atoms with Crippen LogP contribution in [-0.4, -0.2) is 66.8 Å². The molecule has 0 heterocycles. The Morgan fingerprint density at radius 1 is 0.824 bits per heavy atom. The first-order chi connectivity index (χ1) is 15.9. The number of aliphatic hydroxyl groups excluding tert-OH is 4. The maximum atomic E-state index is 11.8. The van der Waals surface area contributed by atoms with Crippen LogP contribution in [0.5, 0.6) is 0 Å². The van der Waals surface area contributed by atoms with Gasteiger partial charge in [-0.1, -0.05) is 59.7 Å². The zero-order valence-corrected chi connectivity index (χ0v) is 20.9. The summed E-state index contributed by atoms with van der Waals surface area (Å²) in [6.45, 7) is 8.55. The molecule has 2 aromatic carbocycles. The molecule has 2 rings (SSSR count). The van der Waals surface area contributed by atoms with E-state index in [0.29, 0.717) is 5.56 Å². The molecule has 0 radical (unpaired) electrons. The smallest absolute Gasteiger partial charge is 0.126 e. The van der Waals surface area contributed by atoms with Crippen LogP contribution in [0.15, 0.2) is 48.6 Å². The molecule has 1 unspecified atom stereocenters. The summed E-state index contributed by atoms with van der Waals surface area (Å²) in [5.74, 6) is 0. The van der Waals surface area contributed by atoms with Crippen molar-refractivity contribution in [1.29, 1.82) is 0 Å². The van der Waals surface area contributed by atoms with Gasteiger partial charge in [-0.3, -0.25) is 0 Å². The Morgan fingerprint density at radius 2 is 1.32 bits per heavy atom. The fourth-order valence-corrected chi connectivity index (χ4v) is 4.48. The molecule has 0 aliphatic heterocycles. The van der Waals surface area contributed by atoms with Crippen molar-refractivity contribution in [1.82, 2.24) is 0 Å². The molecular weight excluding hydrogens is 432 g/mol. The van der Waals surface area contributed by atoms with Gasteiger partial charge in [0.2, 0.25) is 0 Å². The molecule has 0 saturated carbocycles. The van der Waals surface area contributed by atoms with Crippen LogP contribution in [0.2, 0.25) is 0 Å². The molecule has 5 atom stereocenters. The van der Waals surface area contributed by atoms with E-state index in [2.05, 4.69) is 0 Å². The second-order valence-corrected chi connectivity index (χ2v) is 9.68. The molecule has 2 aromatic rings. The largest absolute Gasteiger partial charge is 0.394 e. The van der Waals surface area contributed by atoms with Crippen molar-refractivity contribution < 1.29 is 30.6 Å². The van der Waals surface area contributed by atoms with Gasteiger partial charge in [-0.25, -0.2) is 0 Å². The van der Waals surface area contributed by atoms with Gasteiger partial charge in [-0.2, -0.15) is 0 Å². The van der Waals surface area contributed by atoms with E-state index in [1.54, 1.807) is 19.1 Å². The van der Waals surface area contributed by atoms with Crippen LogP contribution < -0.4 is 0 Å². The van der Waals surface area contributed by atoms with E-state index in [0.717, 1.165) is 27.8 Å². The van der Waals surface area contributed by atoms with E-state index in [4.69, 9.17) is 0 Å². The molecule has 34 heavy (non-hydrogen) atoms. The average Bonchev–Trinajstić information content (AvgIpc) is 2.80. The molecule has 0 aromatic heterocycles. The van der Waals surface area contributed by atoms with Crippen molar-refractivity contribution in [2.75, 3.05) is 6.61 Å². The summed E-state index contributed by atoms with van der Waals surface area (Å²) in [6.07, 6.45) is -2.25. The number of allylic oxidation sites excluding steroid dienone is 1. The van der Waals surface area contributed by atoms with Crippen LogP contribution in [0.1, 0.15) is 46.7 Å². The summed E-state index contributed by atoms with van der Waals surface area (Å²) in [4.78, 5) is 0. The van der Waals surface area contributed by atoms with E-state index in [1.807, 2.05) is 64.1 Å². The minimum atomic E-state index is -2.35. The standard InChI is InChI=1S/C28H40O6/c1-6-7-12-27(33,15-22-13-18(2)8-10-20(22)4)26(32)28(34,25(31)24(30)17-29)16-23-14-19(3)9-11-21(23)5/h6-11,13-14,24-26,29-34H,12,15-17H2,1-5H3/b7-6+/t24-,25+,26+,27?,28+/m0/s1. The molecular formula is C28H40O6. The van der Waals surface area contributed by atoms with Gasteiger partial charge in [0.1, 0.15) is 29.5 Å². The summed E-state index contributed by atoms with van der Waals surface area (Å²) in [5, 5.41) is 65.9. The predicted molar refractivity (Wildman–Crippen MR) is 134 cm³/mol.